The van der Waals surface area contributed by atoms with Gasteiger partial charge in [0.05, 0.1) is 6.61 Å². The number of rotatable bonds is 8. The maximum Gasteiger partial charge on any atom is 0.286 e. The highest BCUT2D eigenvalue weighted by Gasteiger charge is 2.29. The van der Waals surface area contributed by atoms with Crippen LogP contribution in [-0.4, -0.2) is 36.6 Å². The van der Waals surface area contributed by atoms with Crippen LogP contribution in [0.5, 0.6) is 0 Å². The van der Waals surface area contributed by atoms with Crippen LogP contribution in [0.25, 0.3) is 0 Å². The van der Waals surface area contributed by atoms with E-state index in [-0.39, 0.29) is 24.5 Å². The number of terminal acetylenes is 1. The van der Waals surface area contributed by atoms with E-state index in [9.17, 15) is 4.79 Å². The monoisotopic (exact) mass is 397 g/mol. The molecule has 1 aromatic rings. The van der Waals surface area contributed by atoms with E-state index < -0.39 is 6.29 Å². The van der Waals surface area contributed by atoms with E-state index >= 15 is 0 Å². The van der Waals surface area contributed by atoms with Gasteiger partial charge in [-0.05, 0) is 49.5 Å². The quantitative estimate of drug-likeness (QED) is 0.519. The predicted octanol–water partition coefficient (Wildman–Crippen LogP) is 3.62. The summed E-state index contributed by atoms with van der Waals surface area (Å²) in [7, 11) is 0. The van der Waals surface area contributed by atoms with E-state index in [1.165, 1.54) is 6.42 Å². The number of unbranched alkanes of at least 4 members (excludes halogenated alkanes) is 1. The van der Waals surface area contributed by atoms with Gasteiger partial charge in [-0.3, -0.25) is 4.79 Å². The average molecular weight is 398 g/mol. The first-order valence-electron chi connectivity index (χ1n) is 10.7. The van der Waals surface area contributed by atoms with Gasteiger partial charge in [0, 0.05) is 30.6 Å². The summed E-state index contributed by atoms with van der Waals surface area (Å²) in [5.74, 6) is 2.82. The first-order chi connectivity index (χ1) is 14.2. The largest absolute Gasteiger partial charge is 0.459 e. The molecule has 1 heterocycles. The van der Waals surface area contributed by atoms with Crippen molar-refractivity contribution < 1.29 is 19.4 Å². The molecule has 2 aliphatic rings. The van der Waals surface area contributed by atoms with E-state index in [0.717, 1.165) is 43.2 Å². The van der Waals surface area contributed by atoms with Crippen LogP contribution in [0, 0.1) is 12.3 Å². The van der Waals surface area contributed by atoms with Gasteiger partial charge in [0.25, 0.3) is 5.91 Å². The maximum absolute atomic E-state index is 12.8. The van der Waals surface area contributed by atoms with Crippen LogP contribution in [0.4, 0.5) is 0 Å². The second-order valence-electron chi connectivity index (χ2n) is 7.80. The molecule has 3 rings (SSSR count). The van der Waals surface area contributed by atoms with Gasteiger partial charge in [0.1, 0.15) is 0 Å². The van der Waals surface area contributed by atoms with E-state index in [4.69, 9.17) is 21.0 Å². The Morgan fingerprint density at radius 3 is 2.66 bits per heavy atom. The maximum atomic E-state index is 12.8. The summed E-state index contributed by atoms with van der Waals surface area (Å²) in [5.41, 5.74) is 1.91. The summed E-state index contributed by atoms with van der Waals surface area (Å²) in [6.07, 6.45) is 14.6. The number of ether oxygens (including phenoxy) is 2. The lowest BCUT2D eigenvalue weighted by Crippen LogP contribution is -2.39. The Hall–Kier alpha value is -2.29. The number of aliphatic hydroxyl groups excluding tert-OH is 1. The van der Waals surface area contributed by atoms with Crippen LogP contribution >= 0.6 is 0 Å². The van der Waals surface area contributed by atoms with Gasteiger partial charge >= 0.3 is 0 Å². The van der Waals surface area contributed by atoms with Crippen LogP contribution < -0.4 is 5.32 Å². The highest BCUT2D eigenvalue weighted by atomic mass is 16.7. The molecule has 1 aliphatic carbocycles. The zero-order valence-corrected chi connectivity index (χ0v) is 16.9. The van der Waals surface area contributed by atoms with Crippen molar-refractivity contribution in [2.24, 2.45) is 0 Å². The van der Waals surface area contributed by atoms with Crippen molar-refractivity contribution >= 4 is 5.91 Å². The fourth-order valence-electron chi connectivity index (χ4n) is 3.91. The molecule has 156 valence electrons. The van der Waals surface area contributed by atoms with Crippen molar-refractivity contribution in [3.63, 3.8) is 0 Å². The number of carbonyl (C=O) groups excluding carboxylic acids is 1. The van der Waals surface area contributed by atoms with Crippen molar-refractivity contribution in [2.45, 2.75) is 69.6 Å². The number of benzene rings is 1. The molecule has 1 aliphatic heterocycles. The molecule has 2 N–H and O–H groups in total. The molecule has 0 radical (unpaired) electrons. The molecule has 1 amide bonds. The Morgan fingerprint density at radius 2 is 1.97 bits per heavy atom. The van der Waals surface area contributed by atoms with Crippen LogP contribution in [0.15, 0.2) is 36.1 Å². The smallest absolute Gasteiger partial charge is 0.286 e. The number of hydrogen-bond acceptors (Lipinski definition) is 4. The third kappa shape index (κ3) is 6.35. The molecule has 1 fully saturated rings. The third-order valence-corrected chi connectivity index (χ3v) is 5.58. The topological polar surface area (TPSA) is 67.8 Å². The van der Waals surface area contributed by atoms with Gasteiger partial charge < -0.3 is 19.9 Å². The number of hydrogen-bond donors (Lipinski definition) is 2. The van der Waals surface area contributed by atoms with E-state index in [1.54, 1.807) is 0 Å². The molecule has 0 spiro atoms. The van der Waals surface area contributed by atoms with Crippen molar-refractivity contribution in [3.05, 3.63) is 47.2 Å². The predicted molar refractivity (Wildman–Crippen MR) is 112 cm³/mol. The number of amides is 1. The zero-order valence-electron chi connectivity index (χ0n) is 16.9. The van der Waals surface area contributed by atoms with Gasteiger partial charge in [-0.25, -0.2) is 0 Å². The number of carbonyl (C=O) groups is 1. The Bertz CT molecular complexity index is 728. The highest BCUT2D eigenvalue weighted by Crippen LogP contribution is 2.32. The third-order valence-electron chi connectivity index (χ3n) is 5.58. The summed E-state index contributed by atoms with van der Waals surface area (Å²) in [6, 6.07) is 8.05. The molecule has 2 atom stereocenters. The minimum absolute atomic E-state index is 0.0190. The number of aliphatic hydroxyl groups is 1. The van der Waals surface area contributed by atoms with Gasteiger partial charge in [-0.1, -0.05) is 37.3 Å². The molecule has 0 unspecified atom stereocenters. The molecular formula is C24H31NO4. The Kier molecular flexibility index (Phi) is 8.15. The van der Waals surface area contributed by atoms with Crippen molar-refractivity contribution in [1.82, 2.24) is 5.32 Å². The summed E-state index contributed by atoms with van der Waals surface area (Å²) in [6.45, 7) is 0.638. The SMILES string of the molecule is C#Cc1ccc([C@@H]2C=C(C(=O)NC3CCCCC3)O[C@H](OCCCCO)C2)cc1. The van der Waals surface area contributed by atoms with Crippen molar-refractivity contribution in [2.75, 3.05) is 13.2 Å². The Balaban J connectivity index is 1.70. The van der Waals surface area contributed by atoms with E-state index in [2.05, 4.69) is 11.2 Å². The molecular weight excluding hydrogens is 366 g/mol. The summed E-state index contributed by atoms with van der Waals surface area (Å²) in [4.78, 5) is 12.8. The molecule has 29 heavy (non-hydrogen) atoms. The fourth-order valence-corrected chi connectivity index (χ4v) is 3.91. The standard InChI is InChI=1S/C24H31NO4/c1-2-18-10-12-19(13-11-18)20-16-22(24(27)25-21-8-4-3-5-9-21)29-23(17-20)28-15-7-6-14-26/h1,10-13,16,20-21,23,26H,3-9,14-15,17H2,(H,25,27)/t20-,23+/m1/s1. The van der Waals surface area contributed by atoms with E-state index in [1.807, 2.05) is 30.3 Å². The lowest BCUT2D eigenvalue weighted by atomic mass is 9.92. The van der Waals surface area contributed by atoms with E-state index in [0.29, 0.717) is 25.2 Å². The minimum atomic E-state index is -0.483. The van der Waals surface area contributed by atoms with Crippen LogP contribution in [0.1, 0.15) is 68.4 Å². The fraction of sp³-hybridized carbons (Fsp3) is 0.542. The van der Waals surface area contributed by atoms with Crippen molar-refractivity contribution in [1.29, 1.82) is 0 Å². The average Bonchev–Trinajstić information content (AvgIpc) is 2.77. The van der Waals surface area contributed by atoms with Crippen molar-refractivity contribution in [3.8, 4) is 12.3 Å². The van der Waals surface area contributed by atoms with Crippen LogP contribution in [0.3, 0.4) is 0 Å². The molecule has 0 bridgehead atoms. The lowest BCUT2D eigenvalue weighted by Gasteiger charge is -2.30. The Labute approximate surface area is 173 Å². The molecule has 5 heteroatoms. The second-order valence-corrected chi connectivity index (χ2v) is 7.80. The number of allylic oxidation sites excluding steroid dienone is 1. The van der Waals surface area contributed by atoms with Crippen LogP contribution in [0.2, 0.25) is 0 Å². The van der Waals surface area contributed by atoms with Gasteiger partial charge in [0.15, 0.2) is 5.76 Å². The molecule has 1 saturated carbocycles. The first-order valence-corrected chi connectivity index (χ1v) is 10.7. The summed E-state index contributed by atoms with van der Waals surface area (Å²) in [5, 5.41) is 12.1. The zero-order chi connectivity index (χ0) is 20.5. The van der Waals surface area contributed by atoms with Gasteiger partial charge in [-0.2, -0.15) is 0 Å². The molecule has 1 aromatic carbocycles. The minimum Gasteiger partial charge on any atom is -0.459 e. The number of nitrogens with one attached hydrogen (secondary N) is 1. The first kappa shape index (κ1) is 21.4. The summed E-state index contributed by atoms with van der Waals surface area (Å²) < 4.78 is 11.8. The van der Waals surface area contributed by atoms with Crippen LogP contribution in [-0.2, 0) is 14.3 Å². The lowest BCUT2D eigenvalue weighted by molar-refractivity contribution is -0.147. The summed E-state index contributed by atoms with van der Waals surface area (Å²) >= 11 is 0. The van der Waals surface area contributed by atoms with Gasteiger partial charge in [-0.15, -0.1) is 6.42 Å². The normalized spacial score (nSPS) is 22.3. The molecule has 0 saturated heterocycles. The second kappa shape index (κ2) is 11.0. The molecule has 0 aromatic heterocycles. The molecule has 5 nitrogen and oxygen atoms in total. The Morgan fingerprint density at radius 1 is 1.21 bits per heavy atom. The highest BCUT2D eigenvalue weighted by molar-refractivity contribution is 5.92. The van der Waals surface area contributed by atoms with Gasteiger partial charge in [0.2, 0.25) is 6.29 Å².